The maximum Gasteiger partial charge on any atom is 0.262 e. The number of hydrogen-bond donors (Lipinski definition) is 1. The number of ether oxygens (including phenoxy) is 1. The van der Waals surface area contributed by atoms with E-state index in [9.17, 15) is 4.79 Å². The molecule has 0 fully saturated rings. The molecule has 0 atom stereocenters. The van der Waals surface area contributed by atoms with Gasteiger partial charge in [-0.2, -0.15) is 0 Å². The second kappa shape index (κ2) is 7.18. The zero-order valence-electron chi connectivity index (χ0n) is 13.9. The average molecular weight is 376 g/mol. The van der Waals surface area contributed by atoms with Crippen LogP contribution >= 0.6 is 15.9 Å². The average Bonchev–Trinajstić information content (AvgIpc) is 2.47. The highest BCUT2D eigenvalue weighted by atomic mass is 79.9. The van der Waals surface area contributed by atoms with Crippen LogP contribution in [0.5, 0.6) is 5.75 Å². The molecule has 1 amide bonds. The number of halogens is 1. The van der Waals surface area contributed by atoms with E-state index in [4.69, 9.17) is 4.74 Å². The first-order chi connectivity index (χ1) is 10.8. The van der Waals surface area contributed by atoms with Gasteiger partial charge in [0.2, 0.25) is 0 Å². The summed E-state index contributed by atoms with van der Waals surface area (Å²) in [7, 11) is 0. The van der Waals surface area contributed by atoms with E-state index in [1.54, 1.807) is 0 Å². The molecule has 0 saturated carbocycles. The van der Waals surface area contributed by atoms with Crippen molar-refractivity contribution >= 4 is 27.5 Å². The summed E-state index contributed by atoms with van der Waals surface area (Å²) in [5, 5.41) is 2.83. The van der Waals surface area contributed by atoms with Crippen LogP contribution in [0.4, 0.5) is 5.69 Å². The van der Waals surface area contributed by atoms with Crippen LogP contribution in [0, 0.1) is 6.92 Å². The fourth-order valence-corrected chi connectivity index (χ4v) is 2.70. The molecule has 0 aliphatic heterocycles. The maximum atomic E-state index is 12.0. The number of hydrogen-bond acceptors (Lipinski definition) is 2. The Labute approximate surface area is 146 Å². The molecule has 23 heavy (non-hydrogen) atoms. The Morgan fingerprint density at radius 2 is 1.78 bits per heavy atom. The fraction of sp³-hybridized carbons (Fsp3) is 0.316. The molecule has 0 bridgehead atoms. The molecule has 2 aromatic carbocycles. The molecule has 2 rings (SSSR count). The summed E-state index contributed by atoms with van der Waals surface area (Å²) < 4.78 is 6.41. The van der Waals surface area contributed by atoms with Gasteiger partial charge < -0.3 is 10.1 Å². The molecule has 0 radical (unpaired) electrons. The summed E-state index contributed by atoms with van der Waals surface area (Å²) in [4.78, 5) is 12.0. The first-order valence-corrected chi connectivity index (χ1v) is 8.34. The lowest BCUT2D eigenvalue weighted by molar-refractivity contribution is -0.118. The van der Waals surface area contributed by atoms with Crippen molar-refractivity contribution in [3.05, 3.63) is 58.1 Å². The zero-order chi connectivity index (χ0) is 17.0. The predicted molar refractivity (Wildman–Crippen MR) is 98.1 cm³/mol. The van der Waals surface area contributed by atoms with Crippen LogP contribution in [0.25, 0.3) is 0 Å². The Kier molecular flexibility index (Phi) is 5.47. The Balaban J connectivity index is 1.91. The van der Waals surface area contributed by atoms with Crippen molar-refractivity contribution in [1.82, 2.24) is 0 Å². The van der Waals surface area contributed by atoms with Crippen molar-refractivity contribution in [1.29, 1.82) is 0 Å². The van der Waals surface area contributed by atoms with E-state index in [2.05, 4.69) is 42.0 Å². The highest BCUT2D eigenvalue weighted by Crippen LogP contribution is 2.25. The van der Waals surface area contributed by atoms with Crippen LogP contribution in [0.1, 0.15) is 31.9 Å². The molecular formula is C19H22BrNO2. The van der Waals surface area contributed by atoms with Crippen molar-refractivity contribution in [2.24, 2.45) is 0 Å². The van der Waals surface area contributed by atoms with Gasteiger partial charge in [-0.3, -0.25) is 4.79 Å². The van der Waals surface area contributed by atoms with E-state index >= 15 is 0 Å². The SMILES string of the molecule is Cc1ccc(NC(=O)COc2ccc(C(C)(C)C)cc2)c(Br)c1. The van der Waals surface area contributed by atoms with Crippen LogP contribution in [0.15, 0.2) is 46.9 Å². The molecule has 2 aromatic rings. The molecule has 0 aliphatic carbocycles. The Morgan fingerprint density at radius 3 is 2.35 bits per heavy atom. The minimum atomic E-state index is -0.186. The first-order valence-electron chi connectivity index (χ1n) is 7.55. The summed E-state index contributed by atoms with van der Waals surface area (Å²) in [6.45, 7) is 8.47. The smallest absolute Gasteiger partial charge is 0.262 e. The van der Waals surface area contributed by atoms with Crippen LogP contribution in [-0.4, -0.2) is 12.5 Å². The molecule has 0 saturated heterocycles. The number of nitrogens with one attached hydrogen (secondary N) is 1. The van der Waals surface area contributed by atoms with Crippen molar-refractivity contribution in [2.45, 2.75) is 33.1 Å². The lowest BCUT2D eigenvalue weighted by Gasteiger charge is -2.19. The quantitative estimate of drug-likeness (QED) is 0.809. The number of aryl methyl sites for hydroxylation is 1. The summed E-state index contributed by atoms with van der Waals surface area (Å²) in [5.41, 5.74) is 3.21. The third-order valence-corrected chi connectivity index (χ3v) is 4.15. The lowest BCUT2D eigenvalue weighted by Crippen LogP contribution is -2.20. The molecule has 3 nitrogen and oxygen atoms in total. The molecule has 122 valence electrons. The zero-order valence-corrected chi connectivity index (χ0v) is 15.5. The summed E-state index contributed by atoms with van der Waals surface area (Å²) >= 11 is 3.44. The number of benzene rings is 2. The van der Waals surface area contributed by atoms with Crippen molar-refractivity contribution in [2.75, 3.05) is 11.9 Å². The fourth-order valence-electron chi connectivity index (χ4n) is 2.11. The maximum absolute atomic E-state index is 12.0. The second-order valence-corrected chi connectivity index (χ2v) is 7.45. The van der Waals surface area contributed by atoms with E-state index in [1.165, 1.54) is 5.56 Å². The molecule has 0 spiro atoms. The molecule has 0 aromatic heterocycles. The highest BCUT2D eigenvalue weighted by Gasteiger charge is 2.13. The summed E-state index contributed by atoms with van der Waals surface area (Å²) in [5.74, 6) is 0.505. The van der Waals surface area contributed by atoms with Crippen molar-refractivity contribution in [3.8, 4) is 5.75 Å². The van der Waals surface area contributed by atoms with Gasteiger partial charge in [0.05, 0.1) is 5.69 Å². The Hall–Kier alpha value is -1.81. The molecule has 0 aliphatic rings. The standard InChI is InChI=1S/C19H22BrNO2/c1-13-5-10-17(16(20)11-13)21-18(22)12-23-15-8-6-14(7-9-15)19(2,3)4/h5-11H,12H2,1-4H3,(H,21,22). The van der Waals surface area contributed by atoms with E-state index < -0.39 is 0 Å². The molecular weight excluding hydrogens is 354 g/mol. The minimum Gasteiger partial charge on any atom is -0.484 e. The van der Waals surface area contributed by atoms with Crippen molar-refractivity contribution in [3.63, 3.8) is 0 Å². The van der Waals surface area contributed by atoms with Gasteiger partial charge in [0, 0.05) is 4.47 Å². The number of rotatable bonds is 4. The summed E-state index contributed by atoms with van der Waals surface area (Å²) in [6, 6.07) is 13.6. The summed E-state index contributed by atoms with van der Waals surface area (Å²) in [6.07, 6.45) is 0. The van der Waals surface area contributed by atoms with Gasteiger partial charge in [0.25, 0.3) is 5.91 Å². The van der Waals surface area contributed by atoms with E-state index in [1.807, 2.05) is 49.4 Å². The predicted octanol–water partition coefficient (Wildman–Crippen LogP) is 5.07. The van der Waals surface area contributed by atoms with Gasteiger partial charge in [0.15, 0.2) is 6.61 Å². The third-order valence-electron chi connectivity index (χ3n) is 3.49. The minimum absolute atomic E-state index is 0.0187. The van der Waals surface area contributed by atoms with E-state index in [0.717, 1.165) is 15.7 Å². The molecule has 0 unspecified atom stereocenters. The number of carbonyl (C=O) groups excluding carboxylic acids is 1. The van der Waals surface area contributed by atoms with Crippen LogP contribution in [0.2, 0.25) is 0 Å². The van der Waals surface area contributed by atoms with E-state index in [-0.39, 0.29) is 17.9 Å². The van der Waals surface area contributed by atoms with Crippen molar-refractivity contribution < 1.29 is 9.53 Å². The Morgan fingerprint density at radius 1 is 1.13 bits per heavy atom. The van der Waals surface area contributed by atoms with Gasteiger partial charge in [0.1, 0.15) is 5.75 Å². The van der Waals surface area contributed by atoms with E-state index in [0.29, 0.717) is 5.75 Å². The van der Waals surface area contributed by atoms with Gasteiger partial charge >= 0.3 is 0 Å². The number of carbonyl (C=O) groups is 1. The Bertz CT molecular complexity index is 688. The molecule has 0 heterocycles. The lowest BCUT2D eigenvalue weighted by atomic mass is 9.87. The topological polar surface area (TPSA) is 38.3 Å². The third kappa shape index (κ3) is 5.10. The normalized spacial score (nSPS) is 11.2. The monoisotopic (exact) mass is 375 g/mol. The number of anilines is 1. The second-order valence-electron chi connectivity index (χ2n) is 6.59. The van der Waals surface area contributed by atoms with Gasteiger partial charge in [-0.15, -0.1) is 0 Å². The first kappa shape index (κ1) is 17.5. The van der Waals surface area contributed by atoms with Crippen LogP contribution < -0.4 is 10.1 Å². The molecule has 1 N–H and O–H groups in total. The van der Waals surface area contributed by atoms with Gasteiger partial charge in [-0.05, 0) is 63.7 Å². The largest absolute Gasteiger partial charge is 0.484 e. The van der Waals surface area contributed by atoms with Crippen LogP contribution in [-0.2, 0) is 10.2 Å². The number of amides is 1. The van der Waals surface area contributed by atoms with Gasteiger partial charge in [-0.25, -0.2) is 0 Å². The van der Waals surface area contributed by atoms with Gasteiger partial charge in [-0.1, -0.05) is 39.0 Å². The molecule has 4 heteroatoms. The van der Waals surface area contributed by atoms with Crippen LogP contribution in [0.3, 0.4) is 0 Å². The highest BCUT2D eigenvalue weighted by molar-refractivity contribution is 9.10.